The molecule has 0 aliphatic carbocycles. The number of fused-ring (bicyclic) bond motifs is 1. The fraction of sp³-hybridized carbons (Fsp3) is 0. The van der Waals surface area contributed by atoms with Gasteiger partial charge in [-0.15, -0.1) is 12.6 Å². The highest BCUT2D eigenvalue weighted by atomic mass is 32.1. The van der Waals surface area contributed by atoms with Crippen LogP contribution in [-0.2, 0) is 0 Å². The monoisotopic (exact) mass is 166 g/mol. The zero-order valence-electron chi connectivity index (χ0n) is 5.57. The van der Waals surface area contributed by atoms with Gasteiger partial charge in [0, 0.05) is 4.90 Å². The van der Waals surface area contributed by atoms with E-state index in [1.807, 2.05) is 6.07 Å². The van der Waals surface area contributed by atoms with Gasteiger partial charge in [0.15, 0.2) is 0 Å². The maximum atomic E-state index is 9.31. The van der Waals surface area contributed by atoms with Gasteiger partial charge < -0.3 is 10.1 Å². The van der Waals surface area contributed by atoms with Crippen molar-refractivity contribution in [1.29, 1.82) is 0 Å². The molecule has 56 valence electrons. The summed E-state index contributed by atoms with van der Waals surface area (Å²) in [5, 5.41) is 9.31. The van der Waals surface area contributed by atoms with Crippen LogP contribution in [-0.4, -0.2) is 15.1 Å². The fourth-order valence-electron chi connectivity index (χ4n) is 1.02. The first-order valence-electron chi connectivity index (χ1n) is 3.12. The van der Waals surface area contributed by atoms with E-state index in [0.717, 1.165) is 10.4 Å². The average Bonchev–Trinajstić information content (AvgIpc) is 2.34. The molecule has 0 spiro atoms. The van der Waals surface area contributed by atoms with Gasteiger partial charge in [-0.25, -0.2) is 4.98 Å². The number of aromatic nitrogens is 2. The second kappa shape index (κ2) is 2.17. The third-order valence-corrected chi connectivity index (χ3v) is 1.75. The third kappa shape index (κ3) is 0.952. The number of hydrogen-bond donors (Lipinski definition) is 3. The summed E-state index contributed by atoms with van der Waals surface area (Å²) in [5.41, 5.74) is 1.39. The minimum absolute atomic E-state index is 0.161. The molecule has 0 atom stereocenters. The van der Waals surface area contributed by atoms with Crippen LogP contribution in [0.1, 0.15) is 0 Å². The quantitative estimate of drug-likeness (QED) is 0.520. The van der Waals surface area contributed by atoms with Gasteiger partial charge in [-0.05, 0) is 12.1 Å². The first-order valence-corrected chi connectivity index (χ1v) is 3.57. The summed E-state index contributed by atoms with van der Waals surface area (Å²) in [6.07, 6.45) is 1.54. The first-order chi connectivity index (χ1) is 5.27. The number of rotatable bonds is 0. The number of nitrogens with zero attached hydrogens (tertiary/aromatic N) is 1. The molecule has 0 aliphatic heterocycles. The molecule has 0 aliphatic rings. The lowest BCUT2D eigenvalue weighted by atomic mass is 10.3. The summed E-state index contributed by atoms with van der Waals surface area (Å²) in [7, 11) is 0. The average molecular weight is 166 g/mol. The summed E-state index contributed by atoms with van der Waals surface area (Å²) in [5.74, 6) is 0.161. The Bertz CT molecular complexity index is 396. The number of thiol groups is 1. The molecule has 4 heteroatoms. The van der Waals surface area contributed by atoms with E-state index in [1.165, 1.54) is 6.33 Å². The summed E-state index contributed by atoms with van der Waals surface area (Å²) < 4.78 is 0. The number of benzene rings is 1. The third-order valence-electron chi connectivity index (χ3n) is 1.49. The zero-order valence-corrected chi connectivity index (χ0v) is 6.47. The zero-order chi connectivity index (χ0) is 7.84. The van der Waals surface area contributed by atoms with Crippen molar-refractivity contribution in [1.82, 2.24) is 9.97 Å². The molecular weight excluding hydrogens is 160 g/mol. The SMILES string of the molecule is Oc1cc(S)cc2[nH]cnc12. The van der Waals surface area contributed by atoms with E-state index >= 15 is 0 Å². The summed E-state index contributed by atoms with van der Waals surface area (Å²) in [6.45, 7) is 0. The van der Waals surface area contributed by atoms with Gasteiger partial charge >= 0.3 is 0 Å². The van der Waals surface area contributed by atoms with Crippen molar-refractivity contribution in [3.8, 4) is 5.75 Å². The summed E-state index contributed by atoms with van der Waals surface area (Å²) in [6, 6.07) is 3.37. The van der Waals surface area contributed by atoms with Crippen molar-refractivity contribution < 1.29 is 5.11 Å². The predicted octanol–water partition coefficient (Wildman–Crippen LogP) is 1.56. The smallest absolute Gasteiger partial charge is 0.144 e. The van der Waals surface area contributed by atoms with Crippen LogP contribution in [0.4, 0.5) is 0 Å². The van der Waals surface area contributed by atoms with Crippen LogP contribution in [0.5, 0.6) is 5.75 Å². The van der Waals surface area contributed by atoms with Crippen molar-refractivity contribution in [2.24, 2.45) is 0 Å². The fourth-order valence-corrected chi connectivity index (χ4v) is 1.27. The molecule has 0 fully saturated rings. The van der Waals surface area contributed by atoms with E-state index in [-0.39, 0.29) is 5.75 Å². The Morgan fingerprint density at radius 3 is 3.09 bits per heavy atom. The van der Waals surface area contributed by atoms with Crippen LogP contribution in [0, 0.1) is 0 Å². The standard InChI is InChI=1S/C7H6N2OS/c10-6-2-4(11)1-5-7(6)9-3-8-5/h1-3,10-11H,(H,8,9). The lowest BCUT2D eigenvalue weighted by molar-refractivity contribution is 0.479. The minimum atomic E-state index is 0.161. The highest BCUT2D eigenvalue weighted by Crippen LogP contribution is 2.24. The van der Waals surface area contributed by atoms with Crippen LogP contribution in [0.2, 0.25) is 0 Å². The number of hydrogen-bond acceptors (Lipinski definition) is 3. The molecule has 11 heavy (non-hydrogen) atoms. The number of imidazole rings is 1. The predicted molar refractivity (Wildman–Crippen MR) is 45.0 cm³/mol. The topological polar surface area (TPSA) is 48.9 Å². The number of aromatic amines is 1. The molecule has 1 aromatic carbocycles. The van der Waals surface area contributed by atoms with Crippen LogP contribution < -0.4 is 0 Å². The largest absolute Gasteiger partial charge is 0.506 e. The van der Waals surface area contributed by atoms with Gasteiger partial charge in [-0.1, -0.05) is 0 Å². The second-order valence-corrected chi connectivity index (χ2v) is 2.78. The van der Waals surface area contributed by atoms with Crippen molar-refractivity contribution in [3.05, 3.63) is 18.5 Å². The van der Waals surface area contributed by atoms with Gasteiger partial charge in [0.25, 0.3) is 0 Å². The molecular formula is C7H6N2OS. The highest BCUT2D eigenvalue weighted by molar-refractivity contribution is 7.80. The lowest BCUT2D eigenvalue weighted by Gasteiger charge is -1.94. The molecule has 0 bridgehead atoms. The Morgan fingerprint density at radius 1 is 1.45 bits per heavy atom. The van der Waals surface area contributed by atoms with Gasteiger partial charge in [-0.2, -0.15) is 0 Å². The van der Waals surface area contributed by atoms with Crippen LogP contribution in [0.15, 0.2) is 23.4 Å². The van der Waals surface area contributed by atoms with Crippen molar-refractivity contribution in [2.45, 2.75) is 4.90 Å². The molecule has 0 saturated carbocycles. The highest BCUT2D eigenvalue weighted by Gasteiger charge is 2.01. The normalized spacial score (nSPS) is 10.6. The van der Waals surface area contributed by atoms with E-state index in [4.69, 9.17) is 0 Å². The second-order valence-electron chi connectivity index (χ2n) is 2.26. The van der Waals surface area contributed by atoms with Crippen molar-refractivity contribution in [3.63, 3.8) is 0 Å². The van der Waals surface area contributed by atoms with Gasteiger partial charge in [-0.3, -0.25) is 0 Å². The number of phenols is 1. The van der Waals surface area contributed by atoms with Gasteiger partial charge in [0.05, 0.1) is 11.8 Å². The van der Waals surface area contributed by atoms with E-state index in [0.29, 0.717) is 5.52 Å². The molecule has 0 unspecified atom stereocenters. The Balaban J connectivity index is 2.91. The molecule has 3 nitrogen and oxygen atoms in total. The first kappa shape index (κ1) is 6.54. The molecule has 0 radical (unpaired) electrons. The number of phenolic OH excluding ortho intramolecular Hbond substituents is 1. The van der Waals surface area contributed by atoms with Crippen LogP contribution in [0.3, 0.4) is 0 Å². The molecule has 0 saturated heterocycles. The number of aromatic hydroxyl groups is 1. The van der Waals surface area contributed by atoms with Crippen LogP contribution >= 0.6 is 12.6 Å². The van der Waals surface area contributed by atoms with Gasteiger partial charge in [0.2, 0.25) is 0 Å². The Kier molecular flexibility index (Phi) is 1.29. The molecule has 1 aromatic heterocycles. The van der Waals surface area contributed by atoms with E-state index in [1.54, 1.807) is 6.07 Å². The summed E-state index contributed by atoms with van der Waals surface area (Å²) in [4.78, 5) is 7.52. The Morgan fingerprint density at radius 2 is 2.27 bits per heavy atom. The Labute approximate surface area is 68.5 Å². The number of nitrogens with one attached hydrogen (secondary N) is 1. The van der Waals surface area contributed by atoms with Crippen molar-refractivity contribution in [2.75, 3.05) is 0 Å². The number of H-pyrrole nitrogens is 1. The molecule has 2 rings (SSSR count). The maximum Gasteiger partial charge on any atom is 0.144 e. The minimum Gasteiger partial charge on any atom is -0.506 e. The molecule has 2 N–H and O–H groups in total. The maximum absolute atomic E-state index is 9.31. The van der Waals surface area contributed by atoms with Gasteiger partial charge in [0.1, 0.15) is 11.3 Å². The Hall–Kier alpha value is -1.16. The van der Waals surface area contributed by atoms with Crippen molar-refractivity contribution >= 4 is 23.7 Å². The lowest BCUT2D eigenvalue weighted by Crippen LogP contribution is -1.72. The molecule has 1 heterocycles. The van der Waals surface area contributed by atoms with E-state index in [9.17, 15) is 5.11 Å². The van der Waals surface area contributed by atoms with E-state index in [2.05, 4.69) is 22.6 Å². The van der Waals surface area contributed by atoms with E-state index < -0.39 is 0 Å². The molecule has 2 aromatic rings. The van der Waals surface area contributed by atoms with Crippen LogP contribution in [0.25, 0.3) is 11.0 Å². The summed E-state index contributed by atoms with van der Waals surface area (Å²) >= 11 is 4.10. The molecule has 0 amide bonds.